The second-order valence-electron chi connectivity index (χ2n) is 6.93. The third kappa shape index (κ3) is 3.22. The summed E-state index contributed by atoms with van der Waals surface area (Å²) in [4.78, 5) is 4.79. The van der Waals surface area contributed by atoms with Gasteiger partial charge in [-0.3, -0.25) is 0 Å². The molecule has 1 aromatic rings. The van der Waals surface area contributed by atoms with E-state index in [0.29, 0.717) is 5.54 Å². The molecule has 1 aliphatic carbocycles. The van der Waals surface area contributed by atoms with Crippen LogP contribution in [0.25, 0.3) is 0 Å². The van der Waals surface area contributed by atoms with Crippen molar-refractivity contribution in [2.75, 3.05) is 34.2 Å². The van der Waals surface area contributed by atoms with Crippen LogP contribution in [0.1, 0.15) is 31.7 Å². The molecule has 1 aliphatic rings. The number of nitrogens with zero attached hydrogens (tertiary/aromatic N) is 2. The molecule has 0 radical (unpaired) electrons. The summed E-state index contributed by atoms with van der Waals surface area (Å²) < 4.78 is 0. The predicted molar refractivity (Wildman–Crippen MR) is 85.7 cm³/mol. The van der Waals surface area contributed by atoms with Crippen LogP contribution in [-0.2, 0) is 5.54 Å². The lowest BCUT2D eigenvalue weighted by molar-refractivity contribution is 0.0229. The van der Waals surface area contributed by atoms with Crippen molar-refractivity contribution < 1.29 is 0 Å². The van der Waals surface area contributed by atoms with Gasteiger partial charge in [0.25, 0.3) is 0 Å². The number of rotatable bonds is 6. The van der Waals surface area contributed by atoms with E-state index in [1.54, 1.807) is 0 Å². The monoisotopic (exact) mass is 275 g/mol. The highest BCUT2D eigenvalue weighted by Crippen LogP contribution is 2.37. The van der Waals surface area contributed by atoms with Crippen molar-refractivity contribution >= 4 is 0 Å². The molecule has 0 aromatic heterocycles. The molecule has 1 unspecified atom stereocenters. The van der Waals surface area contributed by atoms with Crippen molar-refractivity contribution in [3.63, 3.8) is 0 Å². The van der Waals surface area contributed by atoms with Gasteiger partial charge in [-0.25, -0.2) is 0 Å². The Morgan fingerprint density at radius 1 is 1.15 bits per heavy atom. The Balaban J connectivity index is 1.99. The first-order valence-corrected chi connectivity index (χ1v) is 7.56. The van der Waals surface area contributed by atoms with Gasteiger partial charge in [-0.1, -0.05) is 30.3 Å². The average Bonchev–Trinajstić information content (AvgIpc) is 2.34. The minimum Gasteiger partial charge on any atom is -0.321 e. The summed E-state index contributed by atoms with van der Waals surface area (Å²) in [6, 6.07) is 10.4. The molecule has 0 aliphatic heterocycles. The van der Waals surface area contributed by atoms with E-state index in [1.165, 1.54) is 24.8 Å². The molecule has 3 nitrogen and oxygen atoms in total. The van der Waals surface area contributed by atoms with E-state index in [-0.39, 0.29) is 5.54 Å². The van der Waals surface area contributed by atoms with Gasteiger partial charge in [0.2, 0.25) is 0 Å². The fourth-order valence-electron chi connectivity index (χ4n) is 3.36. The molecular formula is C17H29N3. The topological polar surface area (TPSA) is 32.5 Å². The van der Waals surface area contributed by atoms with E-state index in [0.717, 1.165) is 13.1 Å². The largest absolute Gasteiger partial charge is 0.321 e. The van der Waals surface area contributed by atoms with Gasteiger partial charge in [0.05, 0.1) is 5.54 Å². The van der Waals surface area contributed by atoms with E-state index in [9.17, 15) is 0 Å². The van der Waals surface area contributed by atoms with E-state index >= 15 is 0 Å². The molecule has 0 spiro atoms. The Labute approximate surface area is 123 Å². The predicted octanol–water partition coefficient (Wildman–Crippen LogP) is 2.28. The maximum atomic E-state index is 6.54. The highest BCUT2D eigenvalue weighted by atomic mass is 15.2. The fraction of sp³-hybridized carbons (Fsp3) is 0.647. The molecule has 112 valence electrons. The van der Waals surface area contributed by atoms with Crippen LogP contribution in [0, 0.1) is 0 Å². The Morgan fingerprint density at radius 2 is 1.75 bits per heavy atom. The van der Waals surface area contributed by atoms with Gasteiger partial charge >= 0.3 is 0 Å². The van der Waals surface area contributed by atoms with Crippen molar-refractivity contribution in [1.82, 2.24) is 9.80 Å². The van der Waals surface area contributed by atoms with E-state index in [4.69, 9.17) is 5.73 Å². The molecule has 1 saturated carbocycles. The minimum absolute atomic E-state index is 0.298. The highest BCUT2D eigenvalue weighted by molar-refractivity contribution is 5.23. The van der Waals surface area contributed by atoms with Crippen LogP contribution in [0.4, 0.5) is 0 Å². The van der Waals surface area contributed by atoms with Crippen LogP contribution in [0.3, 0.4) is 0 Å². The molecule has 3 heteroatoms. The smallest absolute Gasteiger partial charge is 0.0509 e. The van der Waals surface area contributed by atoms with Gasteiger partial charge < -0.3 is 15.5 Å². The molecule has 1 fully saturated rings. The highest BCUT2D eigenvalue weighted by Gasteiger charge is 2.40. The zero-order valence-corrected chi connectivity index (χ0v) is 13.4. The Hall–Kier alpha value is -0.900. The third-order valence-corrected chi connectivity index (χ3v) is 4.83. The quantitative estimate of drug-likeness (QED) is 0.864. The van der Waals surface area contributed by atoms with Crippen LogP contribution in [0.2, 0.25) is 0 Å². The second kappa shape index (κ2) is 5.84. The normalized spacial score (nSPS) is 20.8. The first-order chi connectivity index (χ1) is 9.36. The van der Waals surface area contributed by atoms with E-state index < -0.39 is 0 Å². The zero-order chi connectivity index (χ0) is 14.8. The van der Waals surface area contributed by atoms with Crippen LogP contribution >= 0.6 is 0 Å². The van der Waals surface area contributed by atoms with E-state index in [2.05, 4.69) is 62.1 Å². The number of benzene rings is 1. The van der Waals surface area contributed by atoms with Gasteiger partial charge in [-0.15, -0.1) is 0 Å². The number of hydrogen-bond donors (Lipinski definition) is 1. The number of nitrogens with two attached hydrogens (primary N) is 1. The van der Waals surface area contributed by atoms with Crippen molar-refractivity contribution in [1.29, 1.82) is 0 Å². The lowest BCUT2D eigenvalue weighted by Crippen LogP contribution is -2.58. The molecule has 1 aromatic carbocycles. The van der Waals surface area contributed by atoms with Crippen LogP contribution in [-0.4, -0.2) is 49.6 Å². The maximum absolute atomic E-state index is 6.54. The summed E-state index contributed by atoms with van der Waals surface area (Å²) in [6.45, 7) is 4.11. The molecule has 2 rings (SSSR count). The lowest BCUT2D eigenvalue weighted by Gasteiger charge is -2.50. The summed E-state index contributed by atoms with van der Waals surface area (Å²) in [5, 5.41) is 0. The molecule has 0 heterocycles. The van der Waals surface area contributed by atoms with Crippen molar-refractivity contribution in [2.24, 2.45) is 5.73 Å². The number of hydrogen-bond acceptors (Lipinski definition) is 3. The molecule has 0 amide bonds. The van der Waals surface area contributed by atoms with Gasteiger partial charge in [0.15, 0.2) is 0 Å². The molecule has 20 heavy (non-hydrogen) atoms. The fourth-order valence-corrected chi connectivity index (χ4v) is 3.36. The molecule has 1 atom stereocenters. The summed E-state index contributed by atoms with van der Waals surface area (Å²) in [7, 11) is 6.59. The first kappa shape index (κ1) is 15.5. The molecule has 2 N–H and O–H groups in total. The van der Waals surface area contributed by atoms with Gasteiger partial charge in [0, 0.05) is 18.6 Å². The summed E-state index contributed by atoms with van der Waals surface area (Å²) in [5.74, 6) is 0. The minimum atomic E-state index is -0.298. The second-order valence-corrected chi connectivity index (χ2v) is 6.93. The van der Waals surface area contributed by atoms with Gasteiger partial charge in [-0.2, -0.15) is 0 Å². The zero-order valence-electron chi connectivity index (χ0n) is 13.4. The molecule has 0 bridgehead atoms. The summed E-state index contributed by atoms with van der Waals surface area (Å²) in [6.07, 6.45) is 3.96. The molecular weight excluding hydrogens is 246 g/mol. The molecule has 0 saturated heterocycles. The van der Waals surface area contributed by atoms with Crippen LogP contribution < -0.4 is 5.73 Å². The standard InChI is InChI=1S/C17H29N3/c1-16(18,15-9-6-5-7-10-15)13-20(4)14-17(19(2)3)11-8-12-17/h5-7,9-10H,8,11-14,18H2,1-4H3. The Bertz CT molecular complexity index is 421. The van der Waals surface area contributed by atoms with Crippen LogP contribution in [0.15, 0.2) is 30.3 Å². The van der Waals surface area contributed by atoms with E-state index in [1.807, 2.05) is 6.07 Å². The number of likely N-dealkylation sites (N-methyl/N-ethyl adjacent to an activating group) is 2. The lowest BCUT2D eigenvalue weighted by atomic mass is 9.75. The van der Waals surface area contributed by atoms with Crippen molar-refractivity contribution in [3.05, 3.63) is 35.9 Å². The van der Waals surface area contributed by atoms with Crippen molar-refractivity contribution in [3.8, 4) is 0 Å². The third-order valence-electron chi connectivity index (χ3n) is 4.83. The summed E-state index contributed by atoms with van der Waals surface area (Å²) in [5.41, 5.74) is 7.81. The van der Waals surface area contributed by atoms with Gasteiger partial charge in [-0.05, 0) is 52.9 Å². The maximum Gasteiger partial charge on any atom is 0.0509 e. The van der Waals surface area contributed by atoms with Gasteiger partial charge in [0.1, 0.15) is 0 Å². The first-order valence-electron chi connectivity index (χ1n) is 7.56. The summed E-state index contributed by atoms with van der Waals surface area (Å²) >= 11 is 0. The Kier molecular flexibility index (Phi) is 4.52. The Morgan fingerprint density at radius 3 is 2.20 bits per heavy atom. The van der Waals surface area contributed by atoms with Crippen molar-refractivity contribution in [2.45, 2.75) is 37.3 Å². The van der Waals surface area contributed by atoms with Crippen LogP contribution in [0.5, 0.6) is 0 Å². The SMILES string of the molecule is CN(CC(C)(N)c1ccccc1)CC1(N(C)C)CCC1. The average molecular weight is 275 g/mol.